The molecule has 0 saturated carbocycles. The second-order valence-electron chi connectivity index (χ2n) is 3.12. The highest BCUT2D eigenvalue weighted by Gasteiger charge is 2.02. The van der Waals surface area contributed by atoms with E-state index in [1.54, 1.807) is 37.5 Å². The third-order valence-corrected chi connectivity index (χ3v) is 2.02. The molecule has 0 spiro atoms. The Morgan fingerprint density at radius 2 is 2.00 bits per heavy atom. The number of nitrogens with one attached hydrogen (secondary N) is 2. The van der Waals surface area contributed by atoms with Crippen molar-refractivity contribution in [1.29, 1.82) is 0 Å². The van der Waals surface area contributed by atoms with Gasteiger partial charge in [-0.3, -0.25) is 0 Å². The molecule has 1 heterocycles. The van der Waals surface area contributed by atoms with Crippen molar-refractivity contribution in [3.8, 4) is 0 Å². The molecule has 2 rings (SSSR count). The van der Waals surface area contributed by atoms with Gasteiger partial charge < -0.3 is 10.6 Å². The molecule has 0 unspecified atom stereocenters. The normalized spacial score (nSPS) is 9.88. The fourth-order valence-electron chi connectivity index (χ4n) is 1.25. The highest BCUT2D eigenvalue weighted by molar-refractivity contribution is 5.57. The van der Waals surface area contributed by atoms with Crippen molar-refractivity contribution in [3.05, 3.63) is 42.3 Å². The van der Waals surface area contributed by atoms with Crippen molar-refractivity contribution in [2.45, 2.75) is 0 Å². The molecule has 2 N–H and O–H groups in total. The van der Waals surface area contributed by atoms with Gasteiger partial charge >= 0.3 is 0 Å². The number of rotatable bonds is 3. The molecule has 0 aliphatic rings. The van der Waals surface area contributed by atoms with E-state index in [9.17, 15) is 4.39 Å². The summed E-state index contributed by atoms with van der Waals surface area (Å²) in [6.07, 6.45) is 1.60. The molecule has 0 atom stereocenters. The van der Waals surface area contributed by atoms with E-state index < -0.39 is 0 Å². The van der Waals surface area contributed by atoms with Gasteiger partial charge in [-0.25, -0.2) is 9.37 Å². The highest BCUT2D eigenvalue weighted by Crippen LogP contribution is 2.17. The number of anilines is 3. The van der Waals surface area contributed by atoms with Crippen LogP contribution in [0.5, 0.6) is 0 Å². The molecular formula is C11H11FN4. The van der Waals surface area contributed by atoms with E-state index in [1.807, 2.05) is 0 Å². The summed E-state index contributed by atoms with van der Waals surface area (Å²) in [5, 5.41) is 5.69. The van der Waals surface area contributed by atoms with Crippen LogP contribution in [-0.4, -0.2) is 17.0 Å². The molecule has 2 aromatic rings. The molecule has 1 aromatic carbocycles. The minimum Gasteiger partial charge on any atom is -0.357 e. The van der Waals surface area contributed by atoms with E-state index in [0.717, 1.165) is 0 Å². The zero-order valence-corrected chi connectivity index (χ0v) is 8.74. The molecule has 0 amide bonds. The van der Waals surface area contributed by atoms with Crippen LogP contribution in [0.4, 0.5) is 21.8 Å². The molecule has 0 aliphatic heterocycles. The van der Waals surface area contributed by atoms with E-state index >= 15 is 0 Å². The average Bonchev–Trinajstić information content (AvgIpc) is 2.32. The summed E-state index contributed by atoms with van der Waals surface area (Å²) < 4.78 is 13.3. The van der Waals surface area contributed by atoms with Crippen molar-refractivity contribution < 1.29 is 4.39 Å². The largest absolute Gasteiger partial charge is 0.357 e. The third kappa shape index (κ3) is 2.25. The maximum atomic E-state index is 13.3. The molecular weight excluding hydrogens is 207 g/mol. The van der Waals surface area contributed by atoms with Crippen LogP contribution in [0, 0.1) is 5.82 Å². The predicted octanol–water partition coefficient (Wildman–Crippen LogP) is 2.40. The van der Waals surface area contributed by atoms with Crippen LogP contribution in [0.25, 0.3) is 0 Å². The van der Waals surface area contributed by atoms with Crippen molar-refractivity contribution in [3.63, 3.8) is 0 Å². The summed E-state index contributed by atoms with van der Waals surface area (Å²) in [5.41, 5.74) is 0.392. The fraction of sp³-hybridized carbons (Fsp3) is 0.0909. The lowest BCUT2D eigenvalue weighted by atomic mass is 10.3. The van der Waals surface area contributed by atoms with Crippen LogP contribution in [0.3, 0.4) is 0 Å². The first kappa shape index (κ1) is 10.4. The van der Waals surface area contributed by atoms with Gasteiger partial charge in [-0.15, -0.1) is 0 Å². The van der Waals surface area contributed by atoms with Crippen LogP contribution in [-0.2, 0) is 0 Å². The van der Waals surface area contributed by atoms with E-state index in [0.29, 0.717) is 17.5 Å². The van der Waals surface area contributed by atoms with Crippen LogP contribution in [0.15, 0.2) is 36.5 Å². The zero-order valence-electron chi connectivity index (χ0n) is 8.74. The number of halogens is 1. The van der Waals surface area contributed by atoms with Gasteiger partial charge in [0.25, 0.3) is 0 Å². The average molecular weight is 218 g/mol. The first-order valence-electron chi connectivity index (χ1n) is 4.82. The Hall–Kier alpha value is -2.17. The van der Waals surface area contributed by atoms with Gasteiger partial charge in [0.2, 0.25) is 5.95 Å². The summed E-state index contributed by atoms with van der Waals surface area (Å²) in [6.45, 7) is 0. The fourth-order valence-corrected chi connectivity index (χ4v) is 1.25. The van der Waals surface area contributed by atoms with Gasteiger partial charge in [0.05, 0.1) is 5.69 Å². The number of benzene rings is 1. The minimum atomic E-state index is -0.313. The third-order valence-electron chi connectivity index (χ3n) is 2.02. The van der Waals surface area contributed by atoms with E-state index in [1.165, 1.54) is 6.07 Å². The molecule has 1 aromatic heterocycles. The molecule has 5 heteroatoms. The first-order valence-corrected chi connectivity index (χ1v) is 4.82. The summed E-state index contributed by atoms with van der Waals surface area (Å²) >= 11 is 0. The van der Waals surface area contributed by atoms with Gasteiger partial charge in [-0.2, -0.15) is 4.98 Å². The Labute approximate surface area is 92.6 Å². The molecule has 0 saturated heterocycles. The van der Waals surface area contributed by atoms with E-state index in [4.69, 9.17) is 0 Å². The van der Waals surface area contributed by atoms with Crippen LogP contribution < -0.4 is 10.6 Å². The van der Waals surface area contributed by atoms with Crippen LogP contribution in [0.2, 0.25) is 0 Å². The summed E-state index contributed by atoms with van der Waals surface area (Å²) in [4.78, 5) is 8.09. The molecule has 16 heavy (non-hydrogen) atoms. The number of para-hydroxylation sites is 1. The van der Waals surface area contributed by atoms with Crippen LogP contribution in [0.1, 0.15) is 0 Å². The van der Waals surface area contributed by atoms with Crippen molar-refractivity contribution in [1.82, 2.24) is 9.97 Å². The number of aromatic nitrogens is 2. The number of hydrogen-bond acceptors (Lipinski definition) is 4. The first-order chi connectivity index (χ1) is 7.79. The van der Waals surface area contributed by atoms with Crippen molar-refractivity contribution >= 4 is 17.5 Å². The van der Waals surface area contributed by atoms with Gasteiger partial charge in [0, 0.05) is 13.2 Å². The maximum Gasteiger partial charge on any atom is 0.224 e. The van der Waals surface area contributed by atoms with E-state index in [2.05, 4.69) is 20.6 Å². The lowest BCUT2D eigenvalue weighted by molar-refractivity contribution is 0.632. The number of hydrogen-bond donors (Lipinski definition) is 2. The topological polar surface area (TPSA) is 49.8 Å². The second-order valence-corrected chi connectivity index (χ2v) is 3.12. The Morgan fingerprint density at radius 1 is 1.19 bits per heavy atom. The minimum absolute atomic E-state index is 0.313. The quantitative estimate of drug-likeness (QED) is 0.830. The summed E-state index contributed by atoms with van der Waals surface area (Å²) in [7, 11) is 1.72. The zero-order chi connectivity index (χ0) is 11.4. The Bertz CT molecular complexity index is 487. The van der Waals surface area contributed by atoms with Crippen molar-refractivity contribution in [2.24, 2.45) is 0 Å². The van der Waals surface area contributed by atoms with Crippen LogP contribution >= 0.6 is 0 Å². The lowest BCUT2D eigenvalue weighted by Crippen LogP contribution is -2.00. The molecule has 0 bridgehead atoms. The standard InChI is InChI=1S/C11H11FN4/c1-13-11-14-7-6-10(16-11)15-9-5-3-2-4-8(9)12/h2-7H,1H3,(H2,13,14,15,16). The van der Waals surface area contributed by atoms with Crippen molar-refractivity contribution in [2.75, 3.05) is 17.7 Å². The van der Waals surface area contributed by atoms with E-state index in [-0.39, 0.29) is 5.82 Å². The van der Waals surface area contributed by atoms with Gasteiger partial charge in [-0.1, -0.05) is 12.1 Å². The molecule has 0 aliphatic carbocycles. The summed E-state index contributed by atoms with van der Waals surface area (Å²) in [5.74, 6) is 0.720. The Balaban J connectivity index is 2.24. The lowest BCUT2D eigenvalue weighted by Gasteiger charge is -2.07. The summed E-state index contributed by atoms with van der Waals surface area (Å²) in [6, 6.07) is 8.11. The second kappa shape index (κ2) is 4.57. The highest BCUT2D eigenvalue weighted by atomic mass is 19.1. The van der Waals surface area contributed by atoms with Gasteiger partial charge in [-0.05, 0) is 18.2 Å². The Kier molecular flexibility index (Phi) is 2.95. The molecule has 4 nitrogen and oxygen atoms in total. The molecule has 82 valence electrons. The van der Waals surface area contributed by atoms with Gasteiger partial charge in [0.1, 0.15) is 11.6 Å². The predicted molar refractivity (Wildman–Crippen MR) is 61.3 cm³/mol. The van der Waals surface area contributed by atoms with Gasteiger partial charge in [0.15, 0.2) is 0 Å². The maximum absolute atomic E-state index is 13.3. The number of nitrogens with zero attached hydrogens (tertiary/aromatic N) is 2. The molecule has 0 fully saturated rings. The molecule has 0 radical (unpaired) electrons. The Morgan fingerprint density at radius 3 is 2.75 bits per heavy atom. The smallest absolute Gasteiger partial charge is 0.224 e. The SMILES string of the molecule is CNc1nccc(Nc2ccccc2F)n1. The monoisotopic (exact) mass is 218 g/mol.